The van der Waals surface area contributed by atoms with Crippen LogP contribution in [0.4, 0.5) is 4.79 Å². The van der Waals surface area contributed by atoms with Crippen LogP contribution in [0, 0.1) is 11.3 Å². The van der Waals surface area contributed by atoms with Crippen LogP contribution in [0.1, 0.15) is 19.4 Å². The SMILES string of the molecule is CCOC(=O)/C(C#N)=C/NN1C(=O)N[C@](C)(c2ccc(OC)cc2)C1=O. The summed E-state index contributed by atoms with van der Waals surface area (Å²) in [6.45, 7) is 3.24. The molecule has 0 aromatic heterocycles. The average molecular weight is 358 g/mol. The molecule has 9 heteroatoms. The number of esters is 1. The number of nitrogens with one attached hydrogen (secondary N) is 2. The molecule has 3 amide bonds. The Hall–Kier alpha value is -3.54. The first-order chi connectivity index (χ1) is 12.4. The monoisotopic (exact) mass is 358 g/mol. The third kappa shape index (κ3) is 3.44. The van der Waals surface area contributed by atoms with Gasteiger partial charge in [-0.1, -0.05) is 12.1 Å². The molecule has 0 aliphatic carbocycles. The number of imide groups is 1. The van der Waals surface area contributed by atoms with Crippen LogP contribution in [0.2, 0.25) is 0 Å². The Morgan fingerprint density at radius 1 is 1.38 bits per heavy atom. The Bertz CT molecular complexity index is 796. The quantitative estimate of drug-likeness (QED) is 0.336. The normalized spacial score (nSPS) is 19.6. The molecule has 0 radical (unpaired) electrons. The highest BCUT2D eigenvalue weighted by molar-refractivity contribution is 6.06. The van der Waals surface area contributed by atoms with Gasteiger partial charge in [-0.15, -0.1) is 0 Å². The van der Waals surface area contributed by atoms with E-state index in [4.69, 9.17) is 14.7 Å². The van der Waals surface area contributed by atoms with Gasteiger partial charge in [0.05, 0.1) is 13.7 Å². The van der Waals surface area contributed by atoms with E-state index in [0.717, 1.165) is 6.20 Å². The molecule has 1 heterocycles. The number of hydrazine groups is 1. The van der Waals surface area contributed by atoms with E-state index in [1.54, 1.807) is 44.2 Å². The van der Waals surface area contributed by atoms with Crippen molar-refractivity contribution in [2.75, 3.05) is 13.7 Å². The molecule has 1 aliphatic rings. The van der Waals surface area contributed by atoms with Crippen LogP contribution < -0.4 is 15.5 Å². The number of carbonyl (C=O) groups excluding carboxylic acids is 3. The molecule has 1 aromatic carbocycles. The molecular weight excluding hydrogens is 340 g/mol. The van der Waals surface area contributed by atoms with Crippen molar-refractivity contribution in [3.63, 3.8) is 0 Å². The number of amides is 3. The van der Waals surface area contributed by atoms with E-state index in [1.165, 1.54) is 7.11 Å². The van der Waals surface area contributed by atoms with Crippen molar-refractivity contribution >= 4 is 17.9 Å². The molecule has 1 saturated heterocycles. The van der Waals surface area contributed by atoms with E-state index < -0.39 is 23.4 Å². The van der Waals surface area contributed by atoms with E-state index in [9.17, 15) is 14.4 Å². The molecule has 2 rings (SSSR count). The fourth-order valence-electron chi connectivity index (χ4n) is 2.35. The highest BCUT2D eigenvalue weighted by Crippen LogP contribution is 2.29. The number of methoxy groups -OCH3 is 1. The summed E-state index contributed by atoms with van der Waals surface area (Å²) in [6, 6.07) is 7.60. The highest BCUT2D eigenvalue weighted by Gasteiger charge is 2.49. The van der Waals surface area contributed by atoms with Gasteiger partial charge in [-0.25, -0.2) is 9.59 Å². The van der Waals surface area contributed by atoms with Gasteiger partial charge >= 0.3 is 12.0 Å². The average Bonchev–Trinajstić information content (AvgIpc) is 2.86. The number of rotatable bonds is 6. The fraction of sp³-hybridized carbons (Fsp3) is 0.294. The number of benzene rings is 1. The first-order valence-corrected chi connectivity index (χ1v) is 7.72. The number of urea groups is 1. The second kappa shape index (κ2) is 7.57. The summed E-state index contributed by atoms with van der Waals surface area (Å²) in [7, 11) is 1.52. The molecule has 0 saturated carbocycles. The maximum Gasteiger partial charge on any atom is 0.350 e. The van der Waals surface area contributed by atoms with E-state index in [2.05, 4.69) is 10.7 Å². The zero-order valence-corrected chi connectivity index (χ0v) is 14.5. The maximum atomic E-state index is 12.7. The minimum Gasteiger partial charge on any atom is -0.497 e. The van der Waals surface area contributed by atoms with Gasteiger partial charge in [0.2, 0.25) is 0 Å². The first-order valence-electron chi connectivity index (χ1n) is 7.72. The summed E-state index contributed by atoms with van der Waals surface area (Å²) in [5.74, 6) is -0.835. The van der Waals surface area contributed by atoms with Crippen LogP contribution in [-0.4, -0.2) is 36.6 Å². The third-order valence-electron chi connectivity index (χ3n) is 3.81. The molecule has 0 unspecified atom stereocenters. The summed E-state index contributed by atoms with van der Waals surface area (Å²) >= 11 is 0. The Kier molecular flexibility index (Phi) is 5.47. The lowest BCUT2D eigenvalue weighted by Crippen LogP contribution is -2.43. The van der Waals surface area contributed by atoms with E-state index in [-0.39, 0.29) is 12.2 Å². The first kappa shape index (κ1) is 18.8. The second-order valence-electron chi connectivity index (χ2n) is 5.44. The zero-order valence-electron chi connectivity index (χ0n) is 14.5. The number of nitriles is 1. The van der Waals surface area contributed by atoms with E-state index in [1.807, 2.05) is 0 Å². The fourth-order valence-corrected chi connectivity index (χ4v) is 2.35. The number of carbonyl (C=O) groups is 3. The standard InChI is InChI=1S/C17H18N4O5/c1-4-26-14(22)11(9-18)10-19-21-15(23)17(2,20-16(21)24)12-5-7-13(25-3)8-6-12/h5-8,10,19H,4H2,1-3H3,(H,20,24)/b11-10+/t17-/m1/s1. The van der Waals surface area contributed by atoms with Gasteiger partial charge in [0, 0.05) is 6.20 Å². The lowest BCUT2D eigenvalue weighted by Gasteiger charge is -2.22. The summed E-state index contributed by atoms with van der Waals surface area (Å²) < 4.78 is 9.79. The number of ether oxygens (including phenoxy) is 2. The number of hydrogen-bond donors (Lipinski definition) is 2. The van der Waals surface area contributed by atoms with Gasteiger partial charge in [-0.3, -0.25) is 10.2 Å². The zero-order chi connectivity index (χ0) is 19.3. The molecule has 1 aromatic rings. The number of nitrogens with zero attached hydrogens (tertiary/aromatic N) is 2. The van der Waals surface area contributed by atoms with Gasteiger partial charge in [-0.2, -0.15) is 10.3 Å². The van der Waals surface area contributed by atoms with Crippen molar-refractivity contribution in [3.05, 3.63) is 41.6 Å². The van der Waals surface area contributed by atoms with Gasteiger partial charge in [0.25, 0.3) is 5.91 Å². The van der Waals surface area contributed by atoms with Crippen molar-refractivity contribution in [3.8, 4) is 11.8 Å². The molecule has 1 aliphatic heterocycles. The predicted molar refractivity (Wildman–Crippen MR) is 89.2 cm³/mol. The van der Waals surface area contributed by atoms with Crippen molar-refractivity contribution in [2.24, 2.45) is 0 Å². The van der Waals surface area contributed by atoms with Crippen LogP contribution in [0.5, 0.6) is 5.75 Å². The Balaban J connectivity index is 2.22. The van der Waals surface area contributed by atoms with Crippen molar-refractivity contribution in [2.45, 2.75) is 19.4 Å². The van der Waals surface area contributed by atoms with Gasteiger partial charge in [-0.05, 0) is 31.5 Å². The Morgan fingerprint density at radius 3 is 2.58 bits per heavy atom. The van der Waals surface area contributed by atoms with Crippen molar-refractivity contribution < 1.29 is 23.9 Å². The van der Waals surface area contributed by atoms with E-state index in [0.29, 0.717) is 16.3 Å². The minimum atomic E-state index is -1.30. The summed E-state index contributed by atoms with van der Waals surface area (Å²) in [5, 5.41) is 12.3. The molecule has 1 atom stereocenters. The van der Waals surface area contributed by atoms with Gasteiger partial charge in [0.1, 0.15) is 17.4 Å². The second-order valence-corrected chi connectivity index (χ2v) is 5.44. The topological polar surface area (TPSA) is 121 Å². The van der Waals surface area contributed by atoms with Crippen LogP contribution >= 0.6 is 0 Å². The molecule has 0 bridgehead atoms. The molecule has 1 fully saturated rings. The Morgan fingerprint density at radius 2 is 2.04 bits per heavy atom. The molecule has 2 N–H and O–H groups in total. The lowest BCUT2D eigenvalue weighted by molar-refractivity contribution is -0.138. The predicted octanol–water partition coefficient (Wildman–Crippen LogP) is 0.937. The van der Waals surface area contributed by atoms with Crippen LogP contribution in [0.25, 0.3) is 0 Å². The minimum absolute atomic E-state index is 0.0938. The molecule has 0 spiro atoms. The third-order valence-corrected chi connectivity index (χ3v) is 3.81. The number of hydrogen-bond acceptors (Lipinski definition) is 7. The van der Waals surface area contributed by atoms with Crippen LogP contribution in [0.3, 0.4) is 0 Å². The largest absolute Gasteiger partial charge is 0.497 e. The van der Waals surface area contributed by atoms with Crippen LogP contribution in [-0.2, 0) is 19.9 Å². The van der Waals surface area contributed by atoms with Crippen LogP contribution in [0.15, 0.2) is 36.0 Å². The van der Waals surface area contributed by atoms with E-state index >= 15 is 0 Å². The van der Waals surface area contributed by atoms with Crippen molar-refractivity contribution in [1.29, 1.82) is 5.26 Å². The molecule has 136 valence electrons. The Labute approximate surface area is 150 Å². The van der Waals surface area contributed by atoms with Crippen molar-refractivity contribution in [1.82, 2.24) is 15.8 Å². The summed E-state index contributed by atoms with van der Waals surface area (Å²) in [5.41, 5.74) is 1.26. The molecule has 26 heavy (non-hydrogen) atoms. The van der Waals surface area contributed by atoms with Gasteiger partial charge in [0.15, 0.2) is 5.57 Å². The molecule has 9 nitrogen and oxygen atoms in total. The summed E-state index contributed by atoms with van der Waals surface area (Å²) in [6.07, 6.45) is 0.954. The smallest absolute Gasteiger partial charge is 0.350 e. The van der Waals surface area contributed by atoms with Gasteiger partial charge < -0.3 is 14.8 Å². The lowest BCUT2D eigenvalue weighted by atomic mass is 9.92. The maximum absolute atomic E-state index is 12.7. The summed E-state index contributed by atoms with van der Waals surface area (Å²) in [4.78, 5) is 36.5. The molecular formula is C17H18N4O5. The highest BCUT2D eigenvalue weighted by atomic mass is 16.5.